The van der Waals surface area contributed by atoms with E-state index in [1.165, 1.54) is 22.3 Å². The van der Waals surface area contributed by atoms with E-state index in [4.69, 9.17) is 0 Å². The lowest BCUT2D eigenvalue weighted by Crippen LogP contribution is -2.17. The molecule has 2 nitrogen and oxygen atoms in total. The van der Waals surface area contributed by atoms with Crippen LogP contribution in [0.15, 0.2) is 84.5 Å². The topological polar surface area (TPSA) is 29.1 Å². The first-order chi connectivity index (χ1) is 13.1. The van der Waals surface area contributed by atoms with Crippen LogP contribution in [-0.4, -0.2) is 5.91 Å². The second-order valence-electron chi connectivity index (χ2n) is 7.14. The summed E-state index contributed by atoms with van der Waals surface area (Å²) in [5.41, 5.74) is 5.92. The van der Waals surface area contributed by atoms with Crippen LogP contribution in [0.4, 0.5) is 5.69 Å². The maximum absolute atomic E-state index is 11.9. The molecule has 0 aromatic heterocycles. The molecular formula is C25H27NO. The number of amides is 1. The summed E-state index contributed by atoms with van der Waals surface area (Å²) in [7, 11) is 0. The lowest BCUT2D eigenvalue weighted by atomic mass is 9.85. The summed E-state index contributed by atoms with van der Waals surface area (Å²) in [5.74, 6) is 0.347. The summed E-state index contributed by atoms with van der Waals surface area (Å²) in [4.78, 5) is 11.9. The Hall–Kier alpha value is -2.87. The molecule has 0 spiro atoms. The van der Waals surface area contributed by atoms with Crippen LogP contribution in [0.25, 0.3) is 5.57 Å². The number of hydrogen-bond acceptors (Lipinski definition) is 1. The quantitative estimate of drug-likeness (QED) is 0.652. The van der Waals surface area contributed by atoms with Crippen molar-refractivity contribution in [3.05, 3.63) is 95.6 Å². The smallest absolute Gasteiger partial charge is 0.226 e. The van der Waals surface area contributed by atoms with Gasteiger partial charge in [-0.15, -0.1) is 0 Å². The minimum absolute atomic E-state index is 0.0305. The van der Waals surface area contributed by atoms with Gasteiger partial charge in [-0.1, -0.05) is 93.1 Å². The summed E-state index contributed by atoms with van der Waals surface area (Å²) in [6.07, 6.45) is 9.72. The van der Waals surface area contributed by atoms with Crippen molar-refractivity contribution in [1.82, 2.24) is 0 Å². The van der Waals surface area contributed by atoms with Crippen molar-refractivity contribution in [3.8, 4) is 0 Å². The molecule has 27 heavy (non-hydrogen) atoms. The van der Waals surface area contributed by atoms with E-state index in [1.807, 2.05) is 32.0 Å². The third-order valence-electron chi connectivity index (χ3n) is 4.88. The van der Waals surface area contributed by atoms with Crippen molar-refractivity contribution >= 4 is 17.2 Å². The summed E-state index contributed by atoms with van der Waals surface area (Å²) in [6, 6.07) is 18.8. The molecule has 0 unspecified atom stereocenters. The van der Waals surface area contributed by atoms with E-state index in [0.29, 0.717) is 5.92 Å². The molecule has 138 valence electrons. The minimum atomic E-state index is -0.0305. The molecule has 1 aliphatic carbocycles. The van der Waals surface area contributed by atoms with Gasteiger partial charge in [0, 0.05) is 17.5 Å². The van der Waals surface area contributed by atoms with Crippen LogP contribution in [0, 0.1) is 11.8 Å². The second kappa shape index (κ2) is 8.68. The van der Waals surface area contributed by atoms with Crippen molar-refractivity contribution in [2.75, 3.05) is 5.32 Å². The van der Waals surface area contributed by atoms with E-state index in [1.54, 1.807) is 0 Å². The molecule has 0 aliphatic heterocycles. The Kier molecular flexibility index (Phi) is 6.08. The van der Waals surface area contributed by atoms with E-state index in [0.717, 1.165) is 12.1 Å². The maximum Gasteiger partial charge on any atom is 0.226 e. The molecule has 0 radical (unpaired) electrons. The number of carbonyl (C=O) groups is 1. The van der Waals surface area contributed by atoms with Crippen molar-refractivity contribution in [2.24, 2.45) is 11.8 Å². The molecule has 0 atom stereocenters. The molecule has 0 heterocycles. The Morgan fingerprint density at radius 3 is 2.07 bits per heavy atom. The first-order valence-electron chi connectivity index (χ1n) is 9.65. The zero-order valence-electron chi connectivity index (χ0n) is 16.3. The summed E-state index contributed by atoms with van der Waals surface area (Å²) in [6.45, 7) is 6.02. The van der Waals surface area contributed by atoms with Crippen LogP contribution in [0.2, 0.25) is 0 Å². The highest BCUT2D eigenvalue weighted by molar-refractivity contribution is 5.92. The molecular weight excluding hydrogens is 330 g/mol. The van der Waals surface area contributed by atoms with Gasteiger partial charge in [-0.2, -0.15) is 0 Å². The van der Waals surface area contributed by atoms with Crippen LogP contribution >= 0.6 is 0 Å². The fourth-order valence-corrected chi connectivity index (χ4v) is 3.39. The zero-order valence-corrected chi connectivity index (χ0v) is 16.3. The number of carbonyl (C=O) groups excluding carboxylic acids is 1. The summed E-state index contributed by atoms with van der Waals surface area (Å²) >= 11 is 0. The summed E-state index contributed by atoms with van der Waals surface area (Å²) in [5, 5.41) is 2.97. The van der Waals surface area contributed by atoms with Gasteiger partial charge in [-0.05, 0) is 35.3 Å². The van der Waals surface area contributed by atoms with E-state index in [-0.39, 0.29) is 11.8 Å². The van der Waals surface area contributed by atoms with Crippen LogP contribution in [0.1, 0.15) is 38.3 Å². The number of nitrogens with one attached hydrogen (secondary N) is 1. The zero-order chi connectivity index (χ0) is 19.2. The molecule has 0 saturated heterocycles. The lowest BCUT2D eigenvalue weighted by Gasteiger charge is -2.19. The Bertz CT molecular complexity index is 858. The Morgan fingerprint density at radius 1 is 0.926 bits per heavy atom. The van der Waals surface area contributed by atoms with Gasteiger partial charge in [-0.25, -0.2) is 0 Å². The highest BCUT2D eigenvalue weighted by Gasteiger charge is 2.17. The minimum Gasteiger partial charge on any atom is -0.326 e. The van der Waals surface area contributed by atoms with Crippen molar-refractivity contribution in [3.63, 3.8) is 0 Å². The number of rotatable bonds is 6. The third-order valence-corrected chi connectivity index (χ3v) is 4.88. The average molecular weight is 357 g/mol. The van der Waals surface area contributed by atoms with Crippen molar-refractivity contribution in [1.29, 1.82) is 0 Å². The normalized spacial score (nSPS) is 14.5. The van der Waals surface area contributed by atoms with Gasteiger partial charge >= 0.3 is 0 Å². The van der Waals surface area contributed by atoms with Crippen LogP contribution in [-0.2, 0) is 4.79 Å². The number of anilines is 1. The fraction of sp³-hybridized carbons (Fsp3) is 0.240. The molecule has 1 amide bonds. The average Bonchev–Trinajstić information content (AvgIpc) is 3.22. The van der Waals surface area contributed by atoms with E-state index < -0.39 is 0 Å². The molecule has 0 fully saturated rings. The Balaban J connectivity index is 2.02. The number of benzene rings is 2. The first kappa shape index (κ1) is 18.9. The Morgan fingerprint density at radius 2 is 1.52 bits per heavy atom. The maximum atomic E-state index is 11.9. The predicted molar refractivity (Wildman–Crippen MR) is 114 cm³/mol. The molecule has 1 aliphatic rings. The van der Waals surface area contributed by atoms with Crippen LogP contribution in [0.3, 0.4) is 0 Å². The van der Waals surface area contributed by atoms with Crippen LogP contribution < -0.4 is 5.32 Å². The lowest BCUT2D eigenvalue weighted by molar-refractivity contribution is -0.118. The standard InChI is InChI=1S/C25H27NO/c1-4-23(19-10-8-9-11-19)24(20-12-6-5-7-13-20)21-14-16-22(17-15-21)26-25(27)18(2)3/h5-19H,4H2,1-3H3,(H,26,27)/b24-23+. The Labute approximate surface area is 162 Å². The third kappa shape index (κ3) is 4.46. The molecule has 2 heteroatoms. The predicted octanol–water partition coefficient (Wildman–Crippen LogP) is 6.24. The number of hydrogen-bond donors (Lipinski definition) is 1. The number of allylic oxidation sites excluding steroid dienone is 5. The molecule has 0 saturated carbocycles. The van der Waals surface area contributed by atoms with Gasteiger partial charge in [0.2, 0.25) is 5.91 Å². The second-order valence-corrected chi connectivity index (χ2v) is 7.14. The molecule has 1 N–H and O–H groups in total. The molecule has 2 aromatic carbocycles. The van der Waals surface area contributed by atoms with Gasteiger partial charge < -0.3 is 5.32 Å². The van der Waals surface area contributed by atoms with E-state index in [9.17, 15) is 4.79 Å². The fourth-order valence-electron chi connectivity index (χ4n) is 3.39. The highest BCUT2D eigenvalue weighted by atomic mass is 16.1. The SMILES string of the molecule is CC/C(=C(/c1ccccc1)c1ccc(NC(=O)C(C)C)cc1)C1C=CC=C1. The molecule has 0 bridgehead atoms. The van der Waals surface area contributed by atoms with Gasteiger partial charge in [0.15, 0.2) is 0 Å². The molecule has 2 aromatic rings. The van der Waals surface area contributed by atoms with Crippen molar-refractivity contribution < 1.29 is 4.79 Å². The monoisotopic (exact) mass is 357 g/mol. The van der Waals surface area contributed by atoms with Crippen molar-refractivity contribution in [2.45, 2.75) is 27.2 Å². The highest BCUT2D eigenvalue weighted by Crippen LogP contribution is 2.35. The molecule has 3 rings (SSSR count). The van der Waals surface area contributed by atoms with E-state index in [2.05, 4.69) is 72.9 Å². The van der Waals surface area contributed by atoms with Gasteiger partial charge in [0.05, 0.1) is 0 Å². The van der Waals surface area contributed by atoms with Gasteiger partial charge in [0.25, 0.3) is 0 Å². The van der Waals surface area contributed by atoms with E-state index >= 15 is 0 Å². The van der Waals surface area contributed by atoms with Gasteiger partial charge in [-0.3, -0.25) is 4.79 Å². The van der Waals surface area contributed by atoms with Gasteiger partial charge in [0.1, 0.15) is 0 Å². The summed E-state index contributed by atoms with van der Waals surface area (Å²) < 4.78 is 0. The van der Waals surface area contributed by atoms with Crippen LogP contribution in [0.5, 0.6) is 0 Å². The largest absolute Gasteiger partial charge is 0.326 e. The first-order valence-corrected chi connectivity index (χ1v) is 9.65.